The summed E-state index contributed by atoms with van der Waals surface area (Å²) >= 11 is 0. The molecule has 0 spiro atoms. The molecule has 1 saturated carbocycles. The number of aromatic nitrogens is 2. The number of piperidine rings is 1. The van der Waals surface area contributed by atoms with Crippen LogP contribution >= 0.6 is 0 Å². The minimum absolute atomic E-state index is 0.0113. The van der Waals surface area contributed by atoms with Gasteiger partial charge in [0, 0.05) is 26.2 Å². The first-order valence-corrected chi connectivity index (χ1v) is 9.29. The van der Waals surface area contributed by atoms with E-state index in [2.05, 4.69) is 10.4 Å². The summed E-state index contributed by atoms with van der Waals surface area (Å²) in [6.45, 7) is 2.64. The van der Waals surface area contributed by atoms with E-state index in [0.29, 0.717) is 13.1 Å². The van der Waals surface area contributed by atoms with Gasteiger partial charge in [0.25, 0.3) is 0 Å². The first kappa shape index (κ1) is 18.4. The number of aromatic carboxylic acids is 1. The standard InChI is InChI=1S/C18H26N4O4/c1-12(23)20-16(13-4-2-3-5-13)17(24)21-8-6-15(7-9-21)22-11-14(10-19-22)18(25)26/h10-11,13,15-16H,2-9H2,1H3,(H,20,23)(H,25,26). The quantitative estimate of drug-likeness (QED) is 0.825. The minimum Gasteiger partial charge on any atom is -0.478 e. The third-order valence-corrected chi connectivity index (χ3v) is 5.49. The summed E-state index contributed by atoms with van der Waals surface area (Å²) < 4.78 is 1.69. The fraction of sp³-hybridized carbons (Fsp3) is 0.667. The first-order chi connectivity index (χ1) is 12.5. The van der Waals surface area contributed by atoms with Crippen molar-refractivity contribution in [2.45, 2.75) is 57.5 Å². The van der Waals surface area contributed by atoms with Crippen LogP contribution in [0.25, 0.3) is 0 Å². The third-order valence-electron chi connectivity index (χ3n) is 5.49. The summed E-state index contributed by atoms with van der Waals surface area (Å²) in [6.07, 6.45) is 8.54. The Labute approximate surface area is 152 Å². The maximum atomic E-state index is 13.0. The van der Waals surface area contributed by atoms with Gasteiger partial charge in [0.1, 0.15) is 6.04 Å². The smallest absolute Gasteiger partial charge is 0.338 e. The number of likely N-dealkylation sites (tertiary alicyclic amines) is 1. The van der Waals surface area contributed by atoms with Gasteiger partial charge < -0.3 is 15.3 Å². The molecule has 2 N–H and O–H groups in total. The molecule has 3 rings (SSSR count). The second-order valence-electron chi connectivity index (χ2n) is 7.29. The molecular weight excluding hydrogens is 336 g/mol. The molecule has 2 amide bonds. The molecule has 2 aliphatic rings. The van der Waals surface area contributed by atoms with Gasteiger partial charge >= 0.3 is 5.97 Å². The molecule has 1 aromatic rings. The van der Waals surface area contributed by atoms with Crippen molar-refractivity contribution in [3.63, 3.8) is 0 Å². The van der Waals surface area contributed by atoms with E-state index in [1.807, 2.05) is 4.90 Å². The highest BCUT2D eigenvalue weighted by Crippen LogP contribution is 2.30. The highest BCUT2D eigenvalue weighted by Gasteiger charge is 2.35. The molecule has 142 valence electrons. The van der Waals surface area contributed by atoms with Crippen molar-refractivity contribution in [3.8, 4) is 0 Å². The van der Waals surface area contributed by atoms with Crippen LogP contribution in [0.15, 0.2) is 12.4 Å². The molecular formula is C18H26N4O4. The predicted molar refractivity (Wildman–Crippen MR) is 93.6 cm³/mol. The summed E-state index contributed by atoms with van der Waals surface area (Å²) in [4.78, 5) is 37.3. The third kappa shape index (κ3) is 4.05. The minimum atomic E-state index is -0.987. The second-order valence-corrected chi connectivity index (χ2v) is 7.29. The van der Waals surface area contributed by atoms with Gasteiger partial charge in [0.2, 0.25) is 11.8 Å². The number of hydrogen-bond donors (Lipinski definition) is 2. The Bertz CT molecular complexity index is 672. The molecule has 0 aromatic carbocycles. The number of rotatable bonds is 5. The molecule has 0 bridgehead atoms. The lowest BCUT2D eigenvalue weighted by Crippen LogP contribution is -2.53. The van der Waals surface area contributed by atoms with Gasteiger partial charge in [-0.15, -0.1) is 0 Å². The van der Waals surface area contributed by atoms with E-state index in [1.165, 1.54) is 13.1 Å². The van der Waals surface area contributed by atoms with Crippen LogP contribution in [-0.2, 0) is 9.59 Å². The molecule has 2 fully saturated rings. The Hall–Kier alpha value is -2.38. The van der Waals surface area contributed by atoms with Gasteiger partial charge in [-0.1, -0.05) is 12.8 Å². The van der Waals surface area contributed by atoms with E-state index in [9.17, 15) is 14.4 Å². The van der Waals surface area contributed by atoms with Gasteiger partial charge in [0.05, 0.1) is 17.8 Å². The molecule has 1 unspecified atom stereocenters. The molecule has 1 saturated heterocycles. The molecule has 1 atom stereocenters. The zero-order valence-electron chi connectivity index (χ0n) is 15.1. The van der Waals surface area contributed by atoms with Gasteiger partial charge in [-0.25, -0.2) is 4.79 Å². The lowest BCUT2D eigenvalue weighted by Gasteiger charge is -2.35. The fourth-order valence-electron chi connectivity index (χ4n) is 4.09. The summed E-state index contributed by atoms with van der Waals surface area (Å²) in [7, 11) is 0. The van der Waals surface area contributed by atoms with E-state index in [1.54, 1.807) is 10.9 Å². The van der Waals surface area contributed by atoms with Crippen molar-refractivity contribution in [2.75, 3.05) is 13.1 Å². The van der Waals surface area contributed by atoms with Crippen molar-refractivity contribution in [3.05, 3.63) is 18.0 Å². The number of carboxylic acid groups (broad SMARTS) is 1. The Balaban J connectivity index is 1.60. The SMILES string of the molecule is CC(=O)NC(C(=O)N1CCC(n2cc(C(=O)O)cn2)CC1)C1CCCC1. The van der Waals surface area contributed by atoms with Gasteiger partial charge in [0.15, 0.2) is 0 Å². The van der Waals surface area contributed by atoms with Crippen molar-refractivity contribution in [1.29, 1.82) is 0 Å². The van der Waals surface area contributed by atoms with Gasteiger partial charge in [-0.05, 0) is 31.6 Å². The van der Waals surface area contributed by atoms with Crippen LogP contribution in [0.4, 0.5) is 0 Å². The topological polar surface area (TPSA) is 105 Å². The van der Waals surface area contributed by atoms with Crippen LogP contribution in [0.5, 0.6) is 0 Å². The summed E-state index contributed by atoms with van der Waals surface area (Å²) in [6, 6.07) is -0.326. The first-order valence-electron chi connectivity index (χ1n) is 9.29. The summed E-state index contributed by atoms with van der Waals surface area (Å²) in [5, 5.41) is 16.0. The second kappa shape index (κ2) is 7.88. The maximum Gasteiger partial charge on any atom is 0.338 e. The number of carboxylic acids is 1. The lowest BCUT2D eigenvalue weighted by molar-refractivity contribution is -0.138. The van der Waals surface area contributed by atoms with Crippen LogP contribution in [-0.4, -0.2) is 56.7 Å². The largest absolute Gasteiger partial charge is 0.478 e. The van der Waals surface area contributed by atoms with E-state index in [-0.39, 0.29) is 29.3 Å². The summed E-state index contributed by atoms with van der Waals surface area (Å²) in [5.74, 6) is -0.910. The predicted octanol–water partition coefficient (Wildman–Crippen LogP) is 1.44. The highest BCUT2D eigenvalue weighted by atomic mass is 16.4. The number of nitrogens with zero attached hydrogens (tertiary/aromatic N) is 3. The number of carbonyl (C=O) groups excluding carboxylic acids is 2. The number of carbonyl (C=O) groups is 3. The van der Waals surface area contributed by atoms with E-state index < -0.39 is 12.0 Å². The molecule has 1 aliphatic heterocycles. The molecule has 26 heavy (non-hydrogen) atoms. The molecule has 8 nitrogen and oxygen atoms in total. The zero-order valence-corrected chi connectivity index (χ0v) is 15.1. The number of amides is 2. The Kier molecular flexibility index (Phi) is 5.58. The van der Waals surface area contributed by atoms with Crippen molar-refractivity contribution in [2.24, 2.45) is 5.92 Å². The summed E-state index contributed by atoms with van der Waals surface area (Å²) in [5.41, 5.74) is 0.176. The molecule has 0 radical (unpaired) electrons. The monoisotopic (exact) mass is 362 g/mol. The average Bonchev–Trinajstić information content (AvgIpc) is 3.30. The molecule has 8 heteroatoms. The number of nitrogens with one attached hydrogen (secondary N) is 1. The Morgan fingerprint density at radius 1 is 1.19 bits per heavy atom. The van der Waals surface area contributed by atoms with Crippen LogP contribution in [0, 0.1) is 5.92 Å². The van der Waals surface area contributed by atoms with Crippen LogP contribution in [0.1, 0.15) is 61.8 Å². The fourth-order valence-corrected chi connectivity index (χ4v) is 4.09. The van der Waals surface area contributed by atoms with Crippen molar-refractivity contribution >= 4 is 17.8 Å². The van der Waals surface area contributed by atoms with Gasteiger partial charge in [-0.2, -0.15) is 5.10 Å². The highest BCUT2D eigenvalue weighted by molar-refractivity contribution is 5.87. The van der Waals surface area contributed by atoms with Gasteiger partial charge in [-0.3, -0.25) is 14.3 Å². The molecule has 1 aromatic heterocycles. The molecule has 1 aliphatic carbocycles. The van der Waals surface area contributed by atoms with Crippen molar-refractivity contribution < 1.29 is 19.5 Å². The van der Waals surface area contributed by atoms with E-state index in [0.717, 1.165) is 38.5 Å². The Morgan fingerprint density at radius 2 is 1.85 bits per heavy atom. The molecule has 2 heterocycles. The maximum absolute atomic E-state index is 13.0. The van der Waals surface area contributed by atoms with Crippen LogP contribution in [0.3, 0.4) is 0 Å². The van der Waals surface area contributed by atoms with E-state index in [4.69, 9.17) is 5.11 Å². The van der Waals surface area contributed by atoms with Crippen molar-refractivity contribution in [1.82, 2.24) is 20.0 Å². The number of hydrogen-bond acceptors (Lipinski definition) is 4. The lowest BCUT2D eigenvalue weighted by atomic mass is 9.95. The zero-order chi connectivity index (χ0) is 18.7. The normalized spacial score (nSPS) is 20.1. The van der Waals surface area contributed by atoms with E-state index >= 15 is 0 Å². The average molecular weight is 362 g/mol. The van der Waals surface area contributed by atoms with Crippen LogP contribution < -0.4 is 5.32 Å². The van der Waals surface area contributed by atoms with Crippen LogP contribution in [0.2, 0.25) is 0 Å². The Morgan fingerprint density at radius 3 is 2.38 bits per heavy atom.